The normalized spacial score (nSPS) is 29.7. The molecule has 1 saturated heterocycles. The summed E-state index contributed by atoms with van der Waals surface area (Å²) in [5.74, 6) is -1.42. The molecule has 2 aliphatic heterocycles. The number of rotatable bonds is 2. The van der Waals surface area contributed by atoms with Gasteiger partial charge in [0.1, 0.15) is 23.4 Å². The Morgan fingerprint density at radius 3 is 2.87 bits per heavy atom. The van der Waals surface area contributed by atoms with Crippen molar-refractivity contribution < 1.29 is 19.5 Å². The van der Waals surface area contributed by atoms with Crippen LogP contribution in [-0.2, 0) is 14.4 Å². The molecule has 0 saturated carbocycles. The minimum atomic E-state index is -1.26. The second-order valence-corrected chi connectivity index (χ2v) is 4.34. The average molecular weight is 228 g/mol. The lowest BCUT2D eigenvalue weighted by Crippen LogP contribution is -2.68. The van der Waals surface area contributed by atoms with Gasteiger partial charge in [-0.25, -0.2) is 4.79 Å². The second kappa shape index (κ2) is 3.35. The standard InChI is InChI=1S/C8H8N2O4S/c9-4-6(12)10-5(8(13)14)3(1-11)2-15-7(4)10/h1,4,7H,2,9H2,(H,13,14)/t4?,7-/m1/s1. The van der Waals surface area contributed by atoms with Crippen molar-refractivity contribution in [3.8, 4) is 0 Å². The molecule has 2 heterocycles. The van der Waals surface area contributed by atoms with Gasteiger partial charge in [-0.1, -0.05) is 0 Å². The van der Waals surface area contributed by atoms with Crippen LogP contribution >= 0.6 is 11.8 Å². The van der Waals surface area contributed by atoms with E-state index in [1.54, 1.807) is 0 Å². The number of fused-ring (bicyclic) bond motifs is 1. The number of aliphatic carboxylic acids is 1. The molecule has 1 amide bonds. The summed E-state index contributed by atoms with van der Waals surface area (Å²) in [6.45, 7) is 0. The molecule has 3 N–H and O–H groups in total. The number of carboxylic acids is 1. The molecule has 0 radical (unpaired) electrons. The number of carboxylic acid groups (broad SMARTS) is 1. The van der Waals surface area contributed by atoms with Crippen LogP contribution in [0.3, 0.4) is 0 Å². The predicted molar refractivity (Wildman–Crippen MR) is 51.8 cm³/mol. The summed E-state index contributed by atoms with van der Waals surface area (Å²) in [7, 11) is 0. The van der Waals surface area contributed by atoms with Crippen LogP contribution in [-0.4, -0.2) is 45.3 Å². The zero-order valence-electron chi connectivity index (χ0n) is 7.54. The number of nitrogens with two attached hydrogens (primary N) is 1. The van der Waals surface area contributed by atoms with Gasteiger partial charge in [0.05, 0.1) is 0 Å². The highest BCUT2D eigenvalue weighted by molar-refractivity contribution is 8.00. The van der Waals surface area contributed by atoms with Gasteiger partial charge < -0.3 is 10.8 Å². The van der Waals surface area contributed by atoms with E-state index in [-0.39, 0.29) is 22.4 Å². The van der Waals surface area contributed by atoms with Gasteiger partial charge >= 0.3 is 5.97 Å². The summed E-state index contributed by atoms with van der Waals surface area (Å²) in [5, 5.41) is 8.56. The number of carbonyl (C=O) groups excluding carboxylic acids is 2. The maximum absolute atomic E-state index is 11.3. The predicted octanol–water partition coefficient (Wildman–Crippen LogP) is -1.23. The number of β-lactam (4-membered cyclic amide) rings is 1. The van der Waals surface area contributed by atoms with E-state index in [0.29, 0.717) is 6.29 Å². The summed E-state index contributed by atoms with van der Waals surface area (Å²) >= 11 is 1.31. The van der Waals surface area contributed by atoms with Crippen LogP contribution in [0.1, 0.15) is 0 Å². The number of hydrogen-bond donors (Lipinski definition) is 2. The SMILES string of the molecule is NC1C(=O)N2C(C(=O)O)=C(C=O)CS[C@H]12. The number of hydrogen-bond acceptors (Lipinski definition) is 5. The molecule has 0 spiro atoms. The molecule has 0 aromatic heterocycles. The van der Waals surface area contributed by atoms with Crippen molar-refractivity contribution in [2.75, 3.05) is 5.75 Å². The number of thioether (sulfide) groups is 1. The summed E-state index contributed by atoms with van der Waals surface area (Å²) in [6.07, 6.45) is 0.476. The first-order chi connectivity index (χ1) is 7.07. The van der Waals surface area contributed by atoms with Crippen molar-refractivity contribution in [3.05, 3.63) is 11.3 Å². The van der Waals surface area contributed by atoms with Crippen molar-refractivity contribution in [3.63, 3.8) is 0 Å². The van der Waals surface area contributed by atoms with Crippen molar-refractivity contribution in [2.45, 2.75) is 11.4 Å². The van der Waals surface area contributed by atoms with E-state index in [9.17, 15) is 14.4 Å². The minimum Gasteiger partial charge on any atom is -0.477 e. The van der Waals surface area contributed by atoms with Crippen molar-refractivity contribution in [1.29, 1.82) is 0 Å². The zero-order valence-corrected chi connectivity index (χ0v) is 8.36. The van der Waals surface area contributed by atoms with Crippen molar-refractivity contribution >= 4 is 29.9 Å². The summed E-state index contributed by atoms with van der Waals surface area (Å²) in [6, 6.07) is -0.655. The molecule has 2 rings (SSSR count). The van der Waals surface area contributed by atoms with E-state index in [0.717, 1.165) is 4.90 Å². The van der Waals surface area contributed by atoms with Gasteiger partial charge in [-0.05, 0) is 0 Å². The summed E-state index contributed by atoms with van der Waals surface area (Å²) in [5.41, 5.74) is 5.42. The lowest BCUT2D eigenvalue weighted by Gasteiger charge is -2.47. The lowest BCUT2D eigenvalue weighted by atomic mass is 10.0. The summed E-state index contributed by atoms with van der Waals surface area (Å²) < 4.78 is 0. The largest absolute Gasteiger partial charge is 0.477 e. The molecule has 1 fully saturated rings. The average Bonchev–Trinajstić information content (AvgIpc) is 2.25. The topological polar surface area (TPSA) is 101 Å². The molecule has 6 nitrogen and oxygen atoms in total. The van der Waals surface area contributed by atoms with Crippen LogP contribution in [0.15, 0.2) is 11.3 Å². The Hall–Kier alpha value is -1.34. The fourth-order valence-corrected chi connectivity index (χ4v) is 2.87. The molecular weight excluding hydrogens is 220 g/mol. The maximum Gasteiger partial charge on any atom is 0.353 e. The van der Waals surface area contributed by atoms with Gasteiger partial charge in [0, 0.05) is 11.3 Å². The smallest absolute Gasteiger partial charge is 0.353 e. The third-order valence-electron chi connectivity index (χ3n) is 2.38. The number of amides is 1. The first-order valence-corrected chi connectivity index (χ1v) is 5.24. The molecule has 2 aliphatic rings. The zero-order chi connectivity index (χ0) is 11.2. The van der Waals surface area contributed by atoms with Crippen LogP contribution in [0, 0.1) is 0 Å². The Labute approximate surface area is 89.1 Å². The number of carbonyl (C=O) groups is 3. The first-order valence-electron chi connectivity index (χ1n) is 4.19. The molecule has 1 unspecified atom stereocenters. The maximum atomic E-state index is 11.3. The lowest BCUT2D eigenvalue weighted by molar-refractivity contribution is -0.148. The molecule has 0 aromatic rings. The van der Waals surface area contributed by atoms with Crippen molar-refractivity contribution in [1.82, 2.24) is 4.90 Å². The van der Waals surface area contributed by atoms with Crippen LogP contribution < -0.4 is 5.73 Å². The van der Waals surface area contributed by atoms with E-state index in [1.807, 2.05) is 0 Å². The van der Waals surface area contributed by atoms with E-state index >= 15 is 0 Å². The van der Waals surface area contributed by atoms with Crippen molar-refractivity contribution in [2.24, 2.45) is 5.73 Å². The fourth-order valence-electron chi connectivity index (χ4n) is 1.63. The second-order valence-electron chi connectivity index (χ2n) is 3.23. The van der Waals surface area contributed by atoms with Gasteiger partial charge in [-0.2, -0.15) is 0 Å². The molecular formula is C8H8N2O4S. The van der Waals surface area contributed by atoms with Gasteiger partial charge in [0.25, 0.3) is 0 Å². The monoisotopic (exact) mass is 228 g/mol. The Kier molecular flexibility index (Phi) is 2.28. The summed E-state index contributed by atoms with van der Waals surface area (Å²) in [4.78, 5) is 34.0. The first kappa shape index (κ1) is 10.2. The Bertz CT molecular complexity index is 392. The van der Waals surface area contributed by atoms with Gasteiger partial charge in [-0.3, -0.25) is 14.5 Å². The molecule has 0 bridgehead atoms. The molecule has 0 aliphatic carbocycles. The van der Waals surface area contributed by atoms with Gasteiger partial charge in [0.15, 0.2) is 0 Å². The van der Waals surface area contributed by atoms with Gasteiger partial charge in [0.2, 0.25) is 5.91 Å². The molecule has 2 atom stereocenters. The molecule has 15 heavy (non-hydrogen) atoms. The van der Waals surface area contributed by atoms with Crippen LogP contribution in [0.5, 0.6) is 0 Å². The third-order valence-corrected chi connectivity index (χ3v) is 3.71. The van der Waals surface area contributed by atoms with Crippen LogP contribution in [0.4, 0.5) is 0 Å². The van der Waals surface area contributed by atoms with E-state index in [1.165, 1.54) is 11.8 Å². The highest BCUT2D eigenvalue weighted by Gasteiger charge is 2.51. The minimum absolute atomic E-state index is 0.129. The number of aldehydes is 1. The van der Waals surface area contributed by atoms with E-state index in [2.05, 4.69) is 0 Å². The van der Waals surface area contributed by atoms with Crippen LogP contribution in [0.2, 0.25) is 0 Å². The highest BCUT2D eigenvalue weighted by Crippen LogP contribution is 2.38. The fraction of sp³-hybridized carbons (Fsp3) is 0.375. The van der Waals surface area contributed by atoms with E-state index < -0.39 is 17.9 Å². The molecule has 80 valence electrons. The Balaban J connectivity index is 2.42. The molecule has 7 heteroatoms. The van der Waals surface area contributed by atoms with E-state index in [4.69, 9.17) is 10.8 Å². The quantitative estimate of drug-likeness (QED) is 0.453. The third kappa shape index (κ3) is 1.27. The number of nitrogens with zero attached hydrogens (tertiary/aromatic N) is 1. The Morgan fingerprint density at radius 2 is 2.33 bits per heavy atom. The Morgan fingerprint density at radius 1 is 1.67 bits per heavy atom. The van der Waals surface area contributed by atoms with Crippen LogP contribution in [0.25, 0.3) is 0 Å². The van der Waals surface area contributed by atoms with Gasteiger partial charge in [-0.15, -0.1) is 11.8 Å². The highest BCUT2D eigenvalue weighted by atomic mass is 32.2. The molecule has 0 aromatic carbocycles.